The van der Waals surface area contributed by atoms with E-state index in [1.165, 1.54) is 0 Å². The van der Waals surface area contributed by atoms with Crippen LogP contribution >= 0.6 is 0 Å². The Morgan fingerprint density at radius 2 is 1.88 bits per heavy atom. The maximum Gasteiger partial charge on any atom is 0.278 e. The van der Waals surface area contributed by atoms with E-state index in [0.29, 0.717) is 18.5 Å². The molecule has 1 aromatic heterocycles. The minimum Gasteiger partial charge on any atom is -0.267 e. The lowest BCUT2D eigenvalue weighted by Crippen LogP contribution is -2.25. The van der Waals surface area contributed by atoms with Gasteiger partial charge >= 0.3 is 0 Å². The van der Waals surface area contributed by atoms with E-state index < -0.39 is 10.7 Å². The fourth-order valence-corrected chi connectivity index (χ4v) is 4.53. The molecule has 120 valence electrons. The predicted octanol–water partition coefficient (Wildman–Crippen LogP) is 2.93. The van der Waals surface area contributed by atoms with E-state index in [4.69, 9.17) is 0 Å². The number of carbonyl (C=O) groups excluding carboxylic acids is 1. The summed E-state index contributed by atoms with van der Waals surface area (Å²) in [6.07, 6.45) is 2.45. The molecule has 1 amide bonds. The van der Waals surface area contributed by atoms with Gasteiger partial charge in [0.25, 0.3) is 5.91 Å². The smallest absolute Gasteiger partial charge is 0.267 e. The lowest BCUT2D eigenvalue weighted by Gasteiger charge is -2.11. The second-order valence-corrected chi connectivity index (χ2v) is 7.16. The molecule has 2 aromatic rings. The number of rotatable bonds is 4. The molecule has 24 heavy (non-hydrogen) atoms. The van der Waals surface area contributed by atoms with E-state index in [1.807, 2.05) is 55.5 Å². The number of pyridine rings is 1. The second-order valence-electron chi connectivity index (χ2n) is 5.55. The average molecular weight is 336 g/mol. The Labute approximate surface area is 142 Å². The van der Waals surface area contributed by atoms with Gasteiger partial charge in [-0.15, -0.1) is 0 Å². The minimum atomic E-state index is -0.493. The third-order valence-electron chi connectivity index (χ3n) is 3.92. The molecule has 0 fully saturated rings. The van der Waals surface area contributed by atoms with Gasteiger partial charge in [0.1, 0.15) is 5.04 Å². The lowest BCUT2D eigenvalue weighted by molar-refractivity contribution is -0.125. The van der Waals surface area contributed by atoms with Crippen molar-refractivity contribution in [1.29, 1.82) is 0 Å². The van der Waals surface area contributed by atoms with E-state index in [2.05, 4.69) is 14.4 Å². The van der Waals surface area contributed by atoms with Gasteiger partial charge in [-0.05, 0) is 41.9 Å². The number of hydrogen-bond donors (Lipinski definition) is 0. The number of hydrogen-bond acceptors (Lipinski definition) is 4. The number of fused-ring (bicyclic) bond motifs is 1. The molecule has 0 N–H and O–H groups in total. The van der Waals surface area contributed by atoms with Crippen molar-refractivity contribution < 1.29 is 4.79 Å². The van der Waals surface area contributed by atoms with Crippen LogP contribution in [-0.2, 0) is 21.9 Å². The predicted molar refractivity (Wildman–Crippen MR) is 94.3 cm³/mol. The van der Waals surface area contributed by atoms with Crippen molar-refractivity contribution in [2.24, 2.45) is 9.46 Å². The summed E-state index contributed by atoms with van der Waals surface area (Å²) >= 11 is 0. The van der Waals surface area contributed by atoms with Crippen LogP contribution in [0, 0.1) is 0 Å². The summed E-state index contributed by atoms with van der Waals surface area (Å²) in [5.41, 5.74) is 2.41. The van der Waals surface area contributed by atoms with E-state index in [9.17, 15) is 4.79 Å². The molecule has 0 saturated carbocycles. The van der Waals surface area contributed by atoms with Gasteiger partial charge < -0.3 is 0 Å². The average Bonchev–Trinajstić information content (AvgIpc) is 3.12. The Morgan fingerprint density at radius 1 is 1.08 bits per heavy atom. The summed E-state index contributed by atoms with van der Waals surface area (Å²) in [4.78, 5) is 18.1. The lowest BCUT2D eigenvalue weighted by atomic mass is 10.2. The van der Waals surface area contributed by atoms with Crippen LogP contribution < -0.4 is 0 Å². The van der Waals surface area contributed by atoms with Gasteiger partial charge in [0.15, 0.2) is 0 Å². The fraction of sp³-hybridized carbons (Fsp3) is 0.167. The summed E-state index contributed by atoms with van der Waals surface area (Å²) < 4.78 is 4.66. The van der Waals surface area contributed by atoms with Crippen LogP contribution in [0.1, 0.15) is 12.6 Å². The second kappa shape index (κ2) is 6.13. The molecule has 1 atom stereocenters. The molecule has 3 heterocycles. The molecule has 4 rings (SSSR count). The maximum absolute atomic E-state index is 12.7. The fourth-order valence-electron chi connectivity index (χ4n) is 2.73. The van der Waals surface area contributed by atoms with Crippen molar-refractivity contribution in [2.45, 2.75) is 18.2 Å². The topological polar surface area (TPSA) is 57.9 Å². The van der Waals surface area contributed by atoms with Gasteiger partial charge in [-0.2, -0.15) is 5.10 Å². The number of benzene rings is 1. The molecular formula is C18H16N4OS. The molecule has 2 aliphatic heterocycles. The Morgan fingerprint density at radius 3 is 2.62 bits per heavy atom. The first-order valence-electron chi connectivity index (χ1n) is 7.77. The monoisotopic (exact) mass is 336 g/mol. The molecule has 0 saturated heterocycles. The normalized spacial score (nSPS) is 19.4. The highest BCUT2D eigenvalue weighted by molar-refractivity contribution is 8.03. The maximum atomic E-state index is 12.7. The number of amides is 1. The standard InChI is InChI=1S/C18H16N4OS/c1-13-16-17(24(21-13)15-8-3-2-4-9-15)20-22(18(16)23)12-10-14-7-5-6-11-19-14/h2-9,11H,10,12H2,1H3. The largest absolute Gasteiger partial charge is 0.278 e. The van der Waals surface area contributed by atoms with Gasteiger partial charge in [-0.25, -0.2) is 9.37 Å². The van der Waals surface area contributed by atoms with Crippen molar-refractivity contribution >= 4 is 21.6 Å². The van der Waals surface area contributed by atoms with E-state index in [1.54, 1.807) is 11.2 Å². The van der Waals surface area contributed by atoms with Crippen molar-refractivity contribution in [3.63, 3.8) is 0 Å². The van der Waals surface area contributed by atoms with Gasteiger partial charge in [0.05, 0.1) is 17.8 Å². The van der Waals surface area contributed by atoms with Gasteiger partial charge in [0, 0.05) is 23.2 Å². The zero-order valence-electron chi connectivity index (χ0n) is 13.2. The molecule has 2 aliphatic rings. The number of allylic oxidation sites excluding steroid dienone is 1. The highest BCUT2D eigenvalue weighted by Gasteiger charge is 2.37. The van der Waals surface area contributed by atoms with Crippen LogP contribution in [0.25, 0.3) is 0 Å². The molecule has 0 radical (unpaired) electrons. The highest BCUT2D eigenvalue weighted by atomic mass is 32.2. The first-order chi connectivity index (χ1) is 11.7. The number of hydrazone groups is 1. The van der Waals surface area contributed by atoms with Crippen LogP contribution in [0.5, 0.6) is 0 Å². The van der Waals surface area contributed by atoms with Crippen molar-refractivity contribution in [2.75, 3.05) is 6.54 Å². The molecule has 6 heteroatoms. The number of aromatic nitrogens is 1. The van der Waals surface area contributed by atoms with Crippen LogP contribution in [0.2, 0.25) is 0 Å². The van der Waals surface area contributed by atoms with E-state index in [0.717, 1.165) is 21.3 Å². The SMILES string of the molecule is CC1=C2C(=O)N(CCc3ccccn3)N=C2S(c2ccccc2)=N1. The first-order valence-corrected chi connectivity index (χ1v) is 8.95. The van der Waals surface area contributed by atoms with Crippen molar-refractivity contribution in [3.05, 3.63) is 71.7 Å². The van der Waals surface area contributed by atoms with Gasteiger partial charge in [-0.1, -0.05) is 24.3 Å². The molecule has 0 spiro atoms. The molecular weight excluding hydrogens is 320 g/mol. The Hall–Kier alpha value is -2.60. The zero-order valence-corrected chi connectivity index (χ0v) is 14.0. The summed E-state index contributed by atoms with van der Waals surface area (Å²) in [7, 11) is -0.493. The number of carbonyl (C=O) groups is 1. The Kier molecular flexibility index (Phi) is 3.82. The summed E-state index contributed by atoms with van der Waals surface area (Å²) in [5.74, 6) is -0.0480. The summed E-state index contributed by atoms with van der Waals surface area (Å²) in [6, 6.07) is 15.8. The third kappa shape index (κ3) is 2.59. The van der Waals surface area contributed by atoms with E-state index >= 15 is 0 Å². The molecule has 1 aromatic carbocycles. The molecule has 0 aliphatic carbocycles. The van der Waals surface area contributed by atoms with Crippen LogP contribution in [0.4, 0.5) is 0 Å². The van der Waals surface area contributed by atoms with Crippen molar-refractivity contribution in [3.8, 4) is 0 Å². The van der Waals surface area contributed by atoms with Crippen LogP contribution in [-0.4, -0.2) is 27.5 Å². The van der Waals surface area contributed by atoms with Crippen LogP contribution in [0.3, 0.4) is 0 Å². The highest BCUT2D eigenvalue weighted by Crippen LogP contribution is 2.31. The summed E-state index contributed by atoms with van der Waals surface area (Å²) in [5, 5.41) is 6.94. The Balaban J connectivity index is 1.59. The molecule has 1 unspecified atom stereocenters. The van der Waals surface area contributed by atoms with Crippen LogP contribution in [0.15, 0.2) is 80.4 Å². The molecule has 5 nitrogen and oxygen atoms in total. The number of nitrogens with zero attached hydrogens (tertiary/aromatic N) is 4. The third-order valence-corrected chi connectivity index (χ3v) is 5.75. The van der Waals surface area contributed by atoms with Crippen molar-refractivity contribution in [1.82, 2.24) is 9.99 Å². The van der Waals surface area contributed by atoms with Gasteiger partial charge in [-0.3, -0.25) is 9.78 Å². The quantitative estimate of drug-likeness (QED) is 0.862. The zero-order chi connectivity index (χ0) is 16.5. The van der Waals surface area contributed by atoms with Gasteiger partial charge in [0.2, 0.25) is 0 Å². The van der Waals surface area contributed by atoms with E-state index in [-0.39, 0.29) is 5.91 Å². The first kappa shape index (κ1) is 15.0. The summed E-state index contributed by atoms with van der Waals surface area (Å²) in [6.45, 7) is 2.42. The minimum absolute atomic E-state index is 0.0480. The Bertz CT molecular complexity index is 888. The molecule has 0 bridgehead atoms.